The Bertz CT molecular complexity index is 748. The maximum atomic E-state index is 12.7. The number of hydrogen-bond donors (Lipinski definition) is 2. The molecule has 0 aliphatic carbocycles. The van der Waals surface area contributed by atoms with E-state index in [1.165, 1.54) is 0 Å². The molecule has 0 spiro atoms. The minimum Gasteiger partial charge on any atom is -0.361 e. The lowest BCUT2D eigenvalue weighted by Gasteiger charge is -2.18. The van der Waals surface area contributed by atoms with Crippen molar-refractivity contribution >= 4 is 34.3 Å². The molecule has 1 amide bonds. The van der Waals surface area contributed by atoms with Crippen LogP contribution in [0.5, 0.6) is 0 Å². The molecule has 22 heavy (non-hydrogen) atoms. The molecule has 0 aliphatic rings. The Morgan fingerprint density at radius 1 is 1.27 bits per heavy atom. The summed E-state index contributed by atoms with van der Waals surface area (Å²) in [7, 11) is 0. The molecule has 2 heterocycles. The average Bonchev–Trinajstić information content (AvgIpc) is 3.19. The number of fused-ring (bicyclic) bond motifs is 1. The smallest absolute Gasteiger partial charge is 0.247 e. The summed E-state index contributed by atoms with van der Waals surface area (Å²) in [5, 5.41) is 4.11. The molecule has 2 N–H and O–H groups in total. The van der Waals surface area contributed by atoms with Crippen LogP contribution in [0.2, 0.25) is 0 Å². The van der Waals surface area contributed by atoms with Gasteiger partial charge in [-0.3, -0.25) is 4.79 Å². The number of H-pyrrole nitrogens is 1. The second-order valence-corrected chi connectivity index (χ2v) is 6.15. The summed E-state index contributed by atoms with van der Waals surface area (Å²) < 4.78 is 1.98. The van der Waals surface area contributed by atoms with Crippen LogP contribution < -0.4 is 5.32 Å². The number of benzene rings is 1. The summed E-state index contributed by atoms with van der Waals surface area (Å²) in [4.78, 5) is 15.9. The molecule has 1 aromatic carbocycles. The van der Waals surface area contributed by atoms with Crippen LogP contribution in [-0.2, 0) is 4.79 Å². The van der Waals surface area contributed by atoms with E-state index in [4.69, 9.17) is 0 Å². The molecule has 0 radical (unpaired) electrons. The van der Waals surface area contributed by atoms with Crippen LogP contribution >= 0.6 is 11.8 Å². The first kappa shape index (κ1) is 14.8. The van der Waals surface area contributed by atoms with Gasteiger partial charge in [-0.2, -0.15) is 11.8 Å². The van der Waals surface area contributed by atoms with Gasteiger partial charge >= 0.3 is 0 Å². The van der Waals surface area contributed by atoms with Crippen molar-refractivity contribution in [3.05, 3.63) is 55.0 Å². The zero-order valence-corrected chi connectivity index (χ0v) is 13.3. The normalized spacial score (nSPS) is 12.4. The number of carbonyl (C=O) groups is 1. The number of carbonyl (C=O) groups excluding carboxylic acids is 1. The van der Waals surface area contributed by atoms with Gasteiger partial charge in [-0.15, -0.1) is 0 Å². The van der Waals surface area contributed by atoms with Crippen LogP contribution in [0.1, 0.15) is 12.5 Å². The number of anilines is 1. The van der Waals surface area contributed by atoms with Crippen LogP contribution in [0.3, 0.4) is 0 Å². The lowest BCUT2D eigenvalue weighted by molar-refractivity contribution is -0.119. The first-order valence-electron chi connectivity index (χ1n) is 7.28. The van der Waals surface area contributed by atoms with Gasteiger partial charge in [0.2, 0.25) is 5.91 Å². The number of amides is 1. The number of hydrogen-bond acceptors (Lipinski definition) is 2. The SMILES string of the molecule is CSCC[C@H](C(=O)Nc1cccc2[nH]ccc12)n1cccc1. The molecule has 5 heteroatoms. The van der Waals surface area contributed by atoms with Gasteiger partial charge < -0.3 is 14.9 Å². The predicted octanol–water partition coefficient (Wildman–Crippen LogP) is 3.90. The Hall–Kier alpha value is -2.14. The number of aromatic amines is 1. The first-order valence-corrected chi connectivity index (χ1v) is 8.67. The lowest BCUT2D eigenvalue weighted by Crippen LogP contribution is -2.26. The third-order valence-corrected chi connectivity index (χ3v) is 4.38. The molecule has 0 unspecified atom stereocenters. The van der Waals surface area contributed by atoms with Crippen molar-refractivity contribution in [3.8, 4) is 0 Å². The number of rotatable bonds is 6. The fourth-order valence-electron chi connectivity index (χ4n) is 2.61. The van der Waals surface area contributed by atoms with E-state index in [9.17, 15) is 4.79 Å². The van der Waals surface area contributed by atoms with E-state index < -0.39 is 0 Å². The van der Waals surface area contributed by atoms with Gasteiger partial charge in [-0.25, -0.2) is 0 Å². The van der Waals surface area contributed by atoms with Crippen LogP contribution in [0.15, 0.2) is 55.0 Å². The molecule has 0 bridgehead atoms. The van der Waals surface area contributed by atoms with E-state index >= 15 is 0 Å². The molecule has 0 saturated carbocycles. The molecule has 0 saturated heterocycles. The molecule has 0 aliphatic heterocycles. The Morgan fingerprint density at radius 2 is 2.09 bits per heavy atom. The van der Waals surface area contributed by atoms with Gasteiger partial charge in [-0.05, 0) is 48.8 Å². The Labute approximate surface area is 133 Å². The summed E-state index contributed by atoms with van der Waals surface area (Å²) in [5.41, 5.74) is 1.88. The molecular formula is C17H19N3OS. The van der Waals surface area contributed by atoms with Crippen molar-refractivity contribution in [3.63, 3.8) is 0 Å². The minimum absolute atomic E-state index is 0.0268. The quantitative estimate of drug-likeness (QED) is 0.725. The third kappa shape index (κ3) is 3.04. The van der Waals surface area contributed by atoms with Crippen molar-refractivity contribution in [1.82, 2.24) is 9.55 Å². The van der Waals surface area contributed by atoms with Crippen LogP contribution in [0.4, 0.5) is 5.69 Å². The second kappa shape index (κ2) is 6.75. The monoisotopic (exact) mass is 313 g/mol. The summed E-state index contributed by atoms with van der Waals surface area (Å²) in [6, 6.07) is 11.6. The summed E-state index contributed by atoms with van der Waals surface area (Å²) in [6.45, 7) is 0. The largest absolute Gasteiger partial charge is 0.361 e. The summed E-state index contributed by atoms with van der Waals surface area (Å²) >= 11 is 1.76. The molecule has 4 nitrogen and oxygen atoms in total. The van der Waals surface area contributed by atoms with Crippen LogP contribution in [0.25, 0.3) is 10.9 Å². The maximum Gasteiger partial charge on any atom is 0.247 e. The Kier molecular flexibility index (Phi) is 4.53. The van der Waals surface area contributed by atoms with Crippen LogP contribution in [0, 0.1) is 0 Å². The number of nitrogens with zero attached hydrogens (tertiary/aromatic N) is 1. The minimum atomic E-state index is -0.184. The highest BCUT2D eigenvalue weighted by Crippen LogP contribution is 2.24. The van der Waals surface area contributed by atoms with Gasteiger partial charge in [0.25, 0.3) is 0 Å². The van der Waals surface area contributed by atoms with E-state index in [-0.39, 0.29) is 11.9 Å². The van der Waals surface area contributed by atoms with E-state index in [1.807, 2.05) is 59.6 Å². The lowest BCUT2D eigenvalue weighted by atomic mass is 10.1. The van der Waals surface area contributed by atoms with E-state index in [1.54, 1.807) is 11.8 Å². The first-order chi connectivity index (χ1) is 10.8. The van der Waals surface area contributed by atoms with E-state index in [0.29, 0.717) is 0 Å². The highest BCUT2D eigenvalue weighted by Gasteiger charge is 2.20. The summed E-state index contributed by atoms with van der Waals surface area (Å²) in [5.74, 6) is 0.976. The van der Waals surface area contributed by atoms with E-state index in [2.05, 4.69) is 16.6 Å². The van der Waals surface area contributed by atoms with Crippen molar-refractivity contribution in [2.45, 2.75) is 12.5 Å². The molecule has 1 atom stereocenters. The van der Waals surface area contributed by atoms with Gasteiger partial charge in [0, 0.05) is 29.5 Å². The fourth-order valence-corrected chi connectivity index (χ4v) is 3.07. The average molecular weight is 313 g/mol. The van der Waals surface area contributed by atoms with Crippen molar-refractivity contribution in [2.24, 2.45) is 0 Å². The second-order valence-electron chi connectivity index (χ2n) is 5.16. The zero-order valence-electron chi connectivity index (χ0n) is 12.5. The summed E-state index contributed by atoms with van der Waals surface area (Å²) in [6.07, 6.45) is 8.65. The zero-order chi connectivity index (χ0) is 15.4. The molecule has 2 aromatic heterocycles. The van der Waals surface area contributed by atoms with Crippen molar-refractivity contribution in [2.75, 3.05) is 17.3 Å². The molecule has 3 aromatic rings. The van der Waals surface area contributed by atoms with Gasteiger partial charge in [-0.1, -0.05) is 6.07 Å². The standard InChI is InChI=1S/C17H19N3OS/c1-22-12-8-16(20-10-2-3-11-20)17(21)19-15-6-4-5-14-13(15)7-9-18-14/h2-7,9-11,16,18H,8,12H2,1H3,(H,19,21)/t16-/m1/s1. The number of aromatic nitrogens is 2. The predicted molar refractivity (Wildman–Crippen MR) is 93.4 cm³/mol. The third-order valence-electron chi connectivity index (χ3n) is 3.74. The molecule has 3 rings (SSSR count). The van der Waals surface area contributed by atoms with Gasteiger partial charge in [0.1, 0.15) is 6.04 Å². The Morgan fingerprint density at radius 3 is 2.86 bits per heavy atom. The van der Waals surface area contributed by atoms with Gasteiger partial charge in [0.05, 0.1) is 5.69 Å². The Balaban J connectivity index is 1.83. The van der Waals surface area contributed by atoms with Gasteiger partial charge in [0.15, 0.2) is 0 Å². The fraction of sp³-hybridized carbons (Fsp3) is 0.235. The molecular weight excluding hydrogens is 294 g/mol. The molecule has 0 fully saturated rings. The van der Waals surface area contributed by atoms with E-state index in [0.717, 1.165) is 28.8 Å². The highest BCUT2D eigenvalue weighted by atomic mass is 32.2. The maximum absolute atomic E-state index is 12.7. The molecule has 114 valence electrons. The van der Waals surface area contributed by atoms with Crippen LogP contribution in [-0.4, -0.2) is 27.5 Å². The topological polar surface area (TPSA) is 49.8 Å². The highest BCUT2D eigenvalue weighted by molar-refractivity contribution is 7.98. The number of thioether (sulfide) groups is 1. The van der Waals surface area contributed by atoms with Crippen molar-refractivity contribution < 1.29 is 4.79 Å². The number of nitrogens with one attached hydrogen (secondary N) is 2. The van der Waals surface area contributed by atoms with Crippen molar-refractivity contribution in [1.29, 1.82) is 0 Å².